The lowest BCUT2D eigenvalue weighted by molar-refractivity contribution is 0.0339. The number of benzene rings is 1. The molecule has 2 aromatic rings. The smallest absolute Gasteiger partial charge is 0.114 e. The van der Waals surface area contributed by atoms with E-state index in [4.69, 9.17) is 15.9 Å². The van der Waals surface area contributed by atoms with Crippen LogP contribution in [0.4, 0.5) is 5.69 Å². The van der Waals surface area contributed by atoms with E-state index in [1.807, 2.05) is 18.4 Å². The van der Waals surface area contributed by atoms with Crippen LogP contribution in [0.1, 0.15) is 12.8 Å². The van der Waals surface area contributed by atoms with E-state index in [0.717, 1.165) is 39.1 Å². The lowest BCUT2D eigenvalue weighted by Crippen LogP contribution is -2.46. The van der Waals surface area contributed by atoms with Crippen molar-refractivity contribution < 1.29 is 4.74 Å². The SMILES string of the molecule is CNC(CC(=N)N)OCCCN1CCN(c2cccc3sccc23)CC1. The van der Waals surface area contributed by atoms with E-state index in [1.165, 1.54) is 15.8 Å². The zero-order valence-electron chi connectivity index (χ0n) is 15.4. The van der Waals surface area contributed by atoms with Gasteiger partial charge in [0.1, 0.15) is 6.23 Å². The van der Waals surface area contributed by atoms with Gasteiger partial charge in [-0.15, -0.1) is 11.3 Å². The fourth-order valence-electron chi connectivity index (χ4n) is 3.42. The first-order valence-electron chi connectivity index (χ1n) is 9.22. The molecule has 1 aliphatic heterocycles. The minimum absolute atomic E-state index is 0.154. The third kappa shape index (κ3) is 4.94. The first-order valence-corrected chi connectivity index (χ1v) is 10.1. The molecule has 1 unspecified atom stereocenters. The molecule has 1 aliphatic rings. The molecule has 7 heteroatoms. The van der Waals surface area contributed by atoms with E-state index in [0.29, 0.717) is 13.0 Å². The number of hydrogen-bond acceptors (Lipinski definition) is 6. The summed E-state index contributed by atoms with van der Waals surface area (Å²) in [5, 5.41) is 13.9. The van der Waals surface area contributed by atoms with Crippen LogP contribution in [0, 0.1) is 5.41 Å². The zero-order valence-corrected chi connectivity index (χ0v) is 16.2. The van der Waals surface area contributed by atoms with E-state index in [2.05, 4.69) is 44.8 Å². The number of thiophene rings is 1. The molecular formula is C19H29N5OS. The Balaban J connectivity index is 1.40. The third-order valence-corrected chi connectivity index (χ3v) is 5.73. The highest BCUT2D eigenvalue weighted by Crippen LogP contribution is 2.31. The summed E-state index contributed by atoms with van der Waals surface area (Å²) < 4.78 is 7.12. The highest BCUT2D eigenvalue weighted by Gasteiger charge is 2.18. The Morgan fingerprint density at radius 1 is 1.31 bits per heavy atom. The van der Waals surface area contributed by atoms with E-state index < -0.39 is 0 Å². The fourth-order valence-corrected chi connectivity index (χ4v) is 4.23. The molecule has 0 amide bonds. The minimum atomic E-state index is -0.157. The maximum absolute atomic E-state index is 7.34. The van der Waals surface area contributed by atoms with Gasteiger partial charge in [0.15, 0.2) is 0 Å². The van der Waals surface area contributed by atoms with Gasteiger partial charge in [-0.05, 0) is 37.0 Å². The van der Waals surface area contributed by atoms with Crippen LogP contribution in [0.2, 0.25) is 0 Å². The van der Waals surface area contributed by atoms with Crippen molar-refractivity contribution in [2.45, 2.75) is 19.1 Å². The van der Waals surface area contributed by atoms with E-state index >= 15 is 0 Å². The molecule has 2 heterocycles. The summed E-state index contributed by atoms with van der Waals surface area (Å²) in [6, 6.07) is 8.84. The number of ether oxygens (including phenoxy) is 1. The Hall–Kier alpha value is -1.67. The Morgan fingerprint density at radius 2 is 2.12 bits per heavy atom. The van der Waals surface area contributed by atoms with Gasteiger partial charge in [-0.2, -0.15) is 0 Å². The number of piperazine rings is 1. The van der Waals surface area contributed by atoms with Crippen molar-refractivity contribution >= 4 is 32.9 Å². The van der Waals surface area contributed by atoms with Crippen molar-refractivity contribution in [3.05, 3.63) is 29.6 Å². The molecule has 0 aliphatic carbocycles. The predicted octanol–water partition coefficient (Wildman–Crippen LogP) is 2.30. The molecule has 1 atom stereocenters. The highest BCUT2D eigenvalue weighted by molar-refractivity contribution is 7.17. The Labute approximate surface area is 159 Å². The lowest BCUT2D eigenvalue weighted by Gasteiger charge is -2.36. The highest BCUT2D eigenvalue weighted by atomic mass is 32.1. The van der Waals surface area contributed by atoms with Gasteiger partial charge in [0.25, 0.3) is 0 Å². The molecule has 1 fully saturated rings. The van der Waals surface area contributed by atoms with Crippen LogP contribution in [-0.4, -0.2) is 63.3 Å². The number of fused-ring (bicyclic) bond motifs is 1. The van der Waals surface area contributed by atoms with Gasteiger partial charge in [-0.3, -0.25) is 15.6 Å². The number of amidine groups is 1. The summed E-state index contributed by atoms with van der Waals surface area (Å²) >= 11 is 1.81. The van der Waals surface area contributed by atoms with Crippen molar-refractivity contribution in [1.29, 1.82) is 5.41 Å². The molecule has 3 rings (SSSR count). The molecule has 142 valence electrons. The molecular weight excluding hydrogens is 346 g/mol. The molecule has 0 radical (unpaired) electrons. The summed E-state index contributed by atoms with van der Waals surface area (Å²) in [5.74, 6) is 0.154. The molecule has 1 aromatic carbocycles. The summed E-state index contributed by atoms with van der Waals surface area (Å²) in [4.78, 5) is 5.01. The van der Waals surface area contributed by atoms with Crippen molar-refractivity contribution in [2.75, 3.05) is 51.3 Å². The van der Waals surface area contributed by atoms with Crippen molar-refractivity contribution in [3.8, 4) is 0 Å². The molecule has 6 nitrogen and oxygen atoms in total. The standard InChI is InChI=1S/C19H29N5OS/c1-22-19(14-18(20)21)25-12-3-7-23-8-10-24(11-9-23)16-4-2-5-17-15(16)6-13-26-17/h2,4-6,13,19,22H,3,7-12,14H2,1H3,(H3,20,21). The van der Waals surface area contributed by atoms with Gasteiger partial charge < -0.3 is 15.4 Å². The van der Waals surface area contributed by atoms with Crippen LogP contribution in [0.25, 0.3) is 10.1 Å². The molecule has 1 saturated heterocycles. The van der Waals surface area contributed by atoms with E-state index in [-0.39, 0.29) is 12.1 Å². The zero-order chi connectivity index (χ0) is 18.4. The largest absolute Gasteiger partial charge is 0.388 e. The molecule has 0 bridgehead atoms. The van der Waals surface area contributed by atoms with Gasteiger partial charge in [-0.1, -0.05) is 6.07 Å². The monoisotopic (exact) mass is 375 g/mol. The Morgan fingerprint density at radius 3 is 2.85 bits per heavy atom. The van der Waals surface area contributed by atoms with Crippen molar-refractivity contribution in [2.24, 2.45) is 5.73 Å². The molecule has 0 saturated carbocycles. The Kier molecular flexibility index (Phi) is 6.85. The first-order chi connectivity index (χ1) is 12.7. The van der Waals surface area contributed by atoms with Gasteiger partial charge >= 0.3 is 0 Å². The van der Waals surface area contributed by atoms with E-state index in [9.17, 15) is 0 Å². The predicted molar refractivity (Wildman–Crippen MR) is 110 cm³/mol. The summed E-state index contributed by atoms with van der Waals surface area (Å²) in [7, 11) is 1.83. The van der Waals surface area contributed by atoms with Gasteiger partial charge in [0, 0.05) is 61.5 Å². The van der Waals surface area contributed by atoms with Crippen molar-refractivity contribution in [1.82, 2.24) is 10.2 Å². The lowest BCUT2D eigenvalue weighted by atomic mass is 10.2. The number of nitrogens with one attached hydrogen (secondary N) is 2. The van der Waals surface area contributed by atoms with Crippen LogP contribution in [0.5, 0.6) is 0 Å². The number of rotatable bonds is 9. The van der Waals surface area contributed by atoms with Crippen LogP contribution < -0.4 is 16.0 Å². The average molecular weight is 376 g/mol. The number of hydrogen-bond donors (Lipinski definition) is 3. The van der Waals surface area contributed by atoms with Crippen LogP contribution in [-0.2, 0) is 4.74 Å². The molecule has 26 heavy (non-hydrogen) atoms. The van der Waals surface area contributed by atoms with Gasteiger partial charge in [-0.25, -0.2) is 0 Å². The summed E-state index contributed by atoms with van der Waals surface area (Å²) in [6.45, 7) is 6.05. The van der Waals surface area contributed by atoms with Crippen molar-refractivity contribution in [3.63, 3.8) is 0 Å². The molecule has 1 aromatic heterocycles. The normalized spacial score (nSPS) is 16.9. The first kappa shape index (κ1) is 19.1. The minimum Gasteiger partial charge on any atom is -0.388 e. The summed E-state index contributed by atoms with van der Waals surface area (Å²) in [6.07, 6.45) is 1.27. The van der Waals surface area contributed by atoms with Gasteiger partial charge in [0.2, 0.25) is 0 Å². The maximum Gasteiger partial charge on any atom is 0.114 e. The molecule has 4 N–H and O–H groups in total. The third-order valence-electron chi connectivity index (χ3n) is 4.85. The second-order valence-electron chi connectivity index (χ2n) is 6.67. The molecule has 0 spiro atoms. The average Bonchev–Trinajstić information content (AvgIpc) is 3.13. The van der Waals surface area contributed by atoms with Crippen LogP contribution >= 0.6 is 11.3 Å². The second-order valence-corrected chi connectivity index (χ2v) is 7.62. The second kappa shape index (κ2) is 9.32. The number of nitrogens with zero attached hydrogens (tertiary/aromatic N) is 2. The summed E-state index contributed by atoms with van der Waals surface area (Å²) in [5.41, 5.74) is 6.80. The number of anilines is 1. The van der Waals surface area contributed by atoms with Crippen LogP contribution in [0.15, 0.2) is 29.6 Å². The van der Waals surface area contributed by atoms with E-state index in [1.54, 1.807) is 0 Å². The van der Waals surface area contributed by atoms with Gasteiger partial charge in [0.05, 0.1) is 5.84 Å². The number of nitrogens with two attached hydrogens (primary N) is 1. The van der Waals surface area contributed by atoms with Crippen LogP contribution in [0.3, 0.4) is 0 Å². The Bertz CT molecular complexity index is 711. The maximum atomic E-state index is 7.34. The quantitative estimate of drug-likeness (QED) is 0.271. The fraction of sp³-hybridized carbons (Fsp3) is 0.526. The topological polar surface area (TPSA) is 77.6 Å².